The van der Waals surface area contributed by atoms with Gasteiger partial charge in [-0.1, -0.05) is 13.0 Å². The van der Waals surface area contributed by atoms with Crippen molar-refractivity contribution in [3.8, 4) is 0 Å². The number of carbonyl (C=O) groups is 1. The van der Waals surface area contributed by atoms with E-state index in [1.165, 1.54) is 10.4 Å². The topological polar surface area (TPSA) is 87.7 Å². The molecule has 0 spiro atoms. The summed E-state index contributed by atoms with van der Waals surface area (Å²) in [6.45, 7) is 7.42. The van der Waals surface area contributed by atoms with E-state index in [-0.39, 0.29) is 23.2 Å². The Morgan fingerprint density at radius 1 is 1.19 bits per heavy atom. The highest BCUT2D eigenvalue weighted by atomic mass is 35.5. The lowest BCUT2D eigenvalue weighted by molar-refractivity contribution is 0.0730. The van der Waals surface area contributed by atoms with Crippen molar-refractivity contribution in [1.82, 2.24) is 14.9 Å². The van der Waals surface area contributed by atoms with E-state index in [1.54, 1.807) is 19.1 Å². The number of sulfonamides is 1. The van der Waals surface area contributed by atoms with E-state index in [0.717, 1.165) is 18.5 Å². The van der Waals surface area contributed by atoms with Crippen LogP contribution in [0.3, 0.4) is 0 Å². The second kappa shape index (κ2) is 10.8. The van der Waals surface area contributed by atoms with Crippen LogP contribution < -0.4 is 10.6 Å². The molecule has 0 aliphatic carbocycles. The zero-order chi connectivity index (χ0) is 18.3. The number of ether oxygens (including phenoxy) is 1. The number of halogens is 1. The first-order chi connectivity index (χ1) is 12.0. The fourth-order valence-corrected chi connectivity index (χ4v) is 4.04. The van der Waals surface area contributed by atoms with Gasteiger partial charge in [-0.25, -0.2) is 8.42 Å². The number of hydrogen-bond donors (Lipinski definition) is 2. The second-order valence-corrected chi connectivity index (χ2v) is 7.94. The number of rotatable bonds is 8. The summed E-state index contributed by atoms with van der Waals surface area (Å²) in [5.74, 6) is -0.255. The van der Waals surface area contributed by atoms with Gasteiger partial charge in [-0.15, -0.1) is 12.4 Å². The van der Waals surface area contributed by atoms with Gasteiger partial charge in [0, 0.05) is 31.7 Å². The first-order valence-electron chi connectivity index (χ1n) is 8.64. The van der Waals surface area contributed by atoms with Gasteiger partial charge in [0.15, 0.2) is 0 Å². The Morgan fingerprint density at radius 3 is 2.54 bits per heavy atom. The van der Waals surface area contributed by atoms with Gasteiger partial charge in [-0.3, -0.25) is 4.79 Å². The maximum Gasteiger partial charge on any atom is 0.251 e. The van der Waals surface area contributed by atoms with E-state index in [1.807, 2.05) is 0 Å². The Morgan fingerprint density at radius 2 is 1.88 bits per heavy atom. The minimum absolute atomic E-state index is 0. The molecular weight excluding hydrogens is 378 g/mol. The maximum absolute atomic E-state index is 12.7. The first kappa shape index (κ1) is 22.9. The van der Waals surface area contributed by atoms with Gasteiger partial charge in [0.1, 0.15) is 0 Å². The van der Waals surface area contributed by atoms with E-state index in [2.05, 4.69) is 17.6 Å². The van der Waals surface area contributed by atoms with Crippen LogP contribution in [-0.4, -0.2) is 64.6 Å². The molecule has 2 rings (SSSR count). The average molecular weight is 406 g/mol. The lowest BCUT2D eigenvalue weighted by Gasteiger charge is -2.26. The Labute approximate surface area is 161 Å². The number of nitrogens with zero attached hydrogens (tertiary/aromatic N) is 1. The van der Waals surface area contributed by atoms with Crippen LogP contribution in [0.5, 0.6) is 0 Å². The first-order valence-corrected chi connectivity index (χ1v) is 10.1. The fourth-order valence-electron chi connectivity index (χ4n) is 2.60. The number of benzene rings is 1. The van der Waals surface area contributed by atoms with Gasteiger partial charge in [-0.05, 0) is 37.6 Å². The van der Waals surface area contributed by atoms with Gasteiger partial charge >= 0.3 is 0 Å². The molecule has 1 saturated heterocycles. The van der Waals surface area contributed by atoms with Crippen molar-refractivity contribution in [2.75, 3.05) is 45.9 Å². The Hall–Kier alpha value is -1.19. The molecule has 9 heteroatoms. The molecule has 0 unspecified atom stereocenters. The molecule has 148 valence electrons. The van der Waals surface area contributed by atoms with Crippen molar-refractivity contribution in [2.24, 2.45) is 0 Å². The molecule has 0 bridgehead atoms. The van der Waals surface area contributed by atoms with Crippen LogP contribution in [0.4, 0.5) is 0 Å². The van der Waals surface area contributed by atoms with Crippen LogP contribution in [0.25, 0.3) is 0 Å². The summed E-state index contributed by atoms with van der Waals surface area (Å²) in [7, 11) is -3.61. The molecule has 1 aromatic rings. The minimum atomic E-state index is -3.61. The highest BCUT2D eigenvalue weighted by Gasteiger charge is 2.27. The highest BCUT2D eigenvalue weighted by Crippen LogP contribution is 2.20. The zero-order valence-electron chi connectivity index (χ0n) is 15.3. The number of aryl methyl sites for hydroxylation is 1. The standard InChI is InChI=1S/C17H27N3O4S.ClH/c1-3-6-18-7-8-19-17(21)16-13-15(5-4-14(16)2)25(22,23)20-9-11-24-12-10-20;/h4-5,13,18H,3,6-12H2,1-2H3,(H,19,21);1H. The average Bonchev–Trinajstić information content (AvgIpc) is 2.62. The van der Waals surface area contributed by atoms with E-state index >= 15 is 0 Å². The van der Waals surface area contributed by atoms with Gasteiger partial charge < -0.3 is 15.4 Å². The molecule has 1 amide bonds. The van der Waals surface area contributed by atoms with Crippen LogP contribution in [0.2, 0.25) is 0 Å². The smallest absolute Gasteiger partial charge is 0.251 e. The van der Waals surface area contributed by atoms with Gasteiger partial charge in [0.2, 0.25) is 10.0 Å². The Bertz CT molecular complexity index is 691. The largest absolute Gasteiger partial charge is 0.379 e. The third-order valence-electron chi connectivity index (χ3n) is 4.08. The predicted octanol–water partition coefficient (Wildman–Crippen LogP) is 1.17. The van der Waals surface area contributed by atoms with Crippen LogP contribution in [0, 0.1) is 6.92 Å². The minimum Gasteiger partial charge on any atom is -0.379 e. The van der Waals surface area contributed by atoms with Crippen LogP contribution in [-0.2, 0) is 14.8 Å². The molecule has 1 fully saturated rings. The summed E-state index contributed by atoms with van der Waals surface area (Å²) in [5, 5.41) is 6.03. The number of morpholine rings is 1. The van der Waals surface area contributed by atoms with E-state index < -0.39 is 10.0 Å². The Balaban J connectivity index is 0.00000338. The molecule has 0 saturated carbocycles. The second-order valence-electron chi connectivity index (χ2n) is 6.00. The van der Waals surface area contributed by atoms with E-state index in [4.69, 9.17) is 4.74 Å². The van der Waals surface area contributed by atoms with Crippen molar-refractivity contribution in [3.05, 3.63) is 29.3 Å². The number of amides is 1. The lowest BCUT2D eigenvalue weighted by Crippen LogP contribution is -2.40. The molecule has 2 N–H and O–H groups in total. The third kappa shape index (κ3) is 5.92. The van der Waals surface area contributed by atoms with Crippen molar-refractivity contribution in [2.45, 2.75) is 25.2 Å². The zero-order valence-corrected chi connectivity index (χ0v) is 16.9. The highest BCUT2D eigenvalue weighted by molar-refractivity contribution is 7.89. The van der Waals surface area contributed by atoms with Crippen molar-refractivity contribution >= 4 is 28.3 Å². The lowest BCUT2D eigenvalue weighted by atomic mass is 10.1. The van der Waals surface area contributed by atoms with Gasteiger partial charge in [-0.2, -0.15) is 4.31 Å². The van der Waals surface area contributed by atoms with Crippen molar-refractivity contribution in [1.29, 1.82) is 0 Å². The molecule has 1 heterocycles. The molecule has 0 radical (unpaired) electrons. The quantitative estimate of drug-likeness (QED) is 0.634. The molecule has 1 aliphatic rings. The van der Waals surface area contributed by atoms with Crippen LogP contribution >= 0.6 is 12.4 Å². The summed E-state index contributed by atoms with van der Waals surface area (Å²) >= 11 is 0. The van der Waals surface area contributed by atoms with E-state index in [9.17, 15) is 13.2 Å². The van der Waals surface area contributed by atoms with Gasteiger partial charge in [0.25, 0.3) is 5.91 Å². The van der Waals surface area contributed by atoms with E-state index in [0.29, 0.717) is 45.0 Å². The van der Waals surface area contributed by atoms with Crippen LogP contribution in [0.1, 0.15) is 29.3 Å². The van der Waals surface area contributed by atoms with Crippen molar-refractivity contribution < 1.29 is 17.9 Å². The molecule has 7 nitrogen and oxygen atoms in total. The molecule has 1 aliphatic heterocycles. The monoisotopic (exact) mass is 405 g/mol. The van der Waals surface area contributed by atoms with Crippen LogP contribution in [0.15, 0.2) is 23.1 Å². The SMILES string of the molecule is CCCNCCNC(=O)c1cc(S(=O)(=O)N2CCOCC2)ccc1C.Cl. The maximum atomic E-state index is 12.7. The fraction of sp³-hybridized carbons (Fsp3) is 0.588. The molecule has 1 aromatic carbocycles. The Kier molecular flexibility index (Phi) is 9.52. The van der Waals surface area contributed by atoms with Crippen molar-refractivity contribution in [3.63, 3.8) is 0 Å². The molecule has 26 heavy (non-hydrogen) atoms. The summed E-state index contributed by atoms with van der Waals surface area (Å²) in [5.41, 5.74) is 1.14. The summed E-state index contributed by atoms with van der Waals surface area (Å²) in [6.07, 6.45) is 1.04. The number of hydrogen-bond acceptors (Lipinski definition) is 5. The number of carbonyl (C=O) groups excluding carboxylic acids is 1. The summed E-state index contributed by atoms with van der Waals surface area (Å²) in [6, 6.07) is 4.70. The van der Waals surface area contributed by atoms with Gasteiger partial charge in [0.05, 0.1) is 18.1 Å². The molecule has 0 aromatic heterocycles. The normalized spacial score (nSPS) is 15.3. The number of nitrogens with one attached hydrogen (secondary N) is 2. The predicted molar refractivity (Wildman–Crippen MR) is 103 cm³/mol. The third-order valence-corrected chi connectivity index (χ3v) is 5.97. The molecular formula is C17H28ClN3O4S. The summed E-state index contributed by atoms with van der Waals surface area (Å²) in [4.78, 5) is 12.5. The molecule has 0 atom stereocenters. The summed E-state index contributed by atoms with van der Waals surface area (Å²) < 4.78 is 32.1.